The van der Waals surface area contributed by atoms with Gasteiger partial charge in [0.05, 0.1) is 18.8 Å². The molecule has 0 amide bonds. The van der Waals surface area contributed by atoms with Gasteiger partial charge in [-0.3, -0.25) is 0 Å². The number of aliphatic hydroxyl groups is 3. The van der Waals surface area contributed by atoms with Crippen molar-refractivity contribution in [2.24, 2.45) is 0 Å². The zero-order valence-electron chi connectivity index (χ0n) is 25.7. The molecule has 4 aromatic rings. The van der Waals surface area contributed by atoms with Crippen LogP contribution in [0.5, 0.6) is 0 Å². The third-order valence-corrected chi connectivity index (χ3v) is 7.58. The molecule has 2 atom stereocenters. The number of halogens is 1. The first kappa shape index (κ1) is 35.7. The first-order chi connectivity index (χ1) is 20.7. The third kappa shape index (κ3) is 9.34. The van der Waals surface area contributed by atoms with Gasteiger partial charge in [0, 0.05) is 54.0 Å². The first-order valence-corrected chi connectivity index (χ1v) is 14.7. The molecule has 0 radical (unpaired) electrons. The van der Waals surface area contributed by atoms with Gasteiger partial charge in [0.1, 0.15) is 5.82 Å². The van der Waals surface area contributed by atoms with Crippen molar-refractivity contribution in [3.63, 3.8) is 0 Å². The summed E-state index contributed by atoms with van der Waals surface area (Å²) in [5.74, 6) is -1.70. The minimum Gasteiger partial charge on any atom is -0.550 e. The minimum atomic E-state index is -1.36. The van der Waals surface area contributed by atoms with E-state index in [9.17, 15) is 29.6 Å². The number of benzene rings is 3. The van der Waals surface area contributed by atoms with Crippen LogP contribution in [0.4, 0.5) is 4.39 Å². The van der Waals surface area contributed by atoms with Crippen LogP contribution in [0.15, 0.2) is 78.9 Å². The molecule has 0 aliphatic heterocycles. The smallest absolute Gasteiger partial charge is 0.550 e. The molecule has 0 aliphatic carbocycles. The van der Waals surface area contributed by atoms with Crippen LogP contribution in [0.1, 0.15) is 61.7 Å². The SMILES string of the molecule is CC(C)n1c(CC[C@@H](O)C[C@@H](O)CC(=O)[O-])c(-c2ccc(F)cc2)c(-c2ccccc2)c1CNCc1cccc(CO)c1.[Na+]. The Morgan fingerprint density at radius 3 is 2.14 bits per heavy atom. The summed E-state index contributed by atoms with van der Waals surface area (Å²) in [4.78, 5) is 10.9. The second kappa shape index (κ2) is 17.0. The number of hydrogen-bond acceptors (Lipinski definition) is 6. The number of rotatable bonds is 15. The predicted octanol–water partition coefficient (Wildman–Crippen LogP) is 1.51. The molecule has 9 heteroatoms. The number of carboxylic acid groups (broad SMARTS) is 1. The van der Waals surface area contributed by atoms with E-state index in [2.05, 4.69) is 35.9 Å². The Kier molecular flexibility index (Phi) is 13.8. The molecule has 7 nitrogen and oxygen atoms in total. The largest absolute Gasteiger partial charge is 1.00 e. The second-order valence-corrected chi connectivity index (χ2v) is 11.2. The Morgan fingerprint density at radius 1 is 0.864 bits per heavy atom. The number of nitrogens with one attached hydrogen (secondary N) is 1. The van der Waals surface area contributed by atoms with Crippen LogP contribution < -0.4 is 40.0 Å². The molecule has 0 bridgehead atoms. The monoisotopic (exact) mass is 610 g/mol. The standard InChI is InChI=1S/C35H41FN2O5.Na/c1-23(2)38-31(16-15-29(40)18-30(41)19-33(42)43)34(27-11-13-28(36)14-12-27)35(26-9-4-3-5-10-26)32(38)21-37-20-24-7-6-8-25(17-24)22-39;/h3-14,17,23,29-30,37,39-41H,15-16,18-22H2,1-2H3,(H,42,43);/q;+1/p-1/t29-,30-;/m1./s1. The average molecular weight is 611 g/mol. The number of aromatic nitrogens is 1. The topological polar surface area (TPSA) is 118 Å². The number of carbonyl (C=O) groups excluding carboxylic acids is 1. The van der Waals surface area contributed by atoms with Crippen molar-refractivity contribution in [1.29, 1.82) is 0 Å². The van der Waals surface area contributed by atoms with Crippen LogP contribution in [0, 0.1) is 5.82 Å². The summed E-state index contributed by atoms with van der Waals surface area (Å²) in [6.45, 7) is 5.28. The molecule has 4 N–H and O–H groups in total. The fraction of sp³-hybridized carbons (Fsp3) is 0.343. The molecule has 1 aromatic heterocycles. The summed E-state index contributed by atoms with van der Waals surface area (Å²) >= 11 is 0. The third-order valence-electron chi connectivity index (χ3n) is 7.58. The maximum absolute atomic E-state index is 14.1. The fourth-order valence-electron chi connectivity index (χ4n) is 5.75. The number of hydrogen-bond donors (Lipinski definition) is 4. The number of carboxylic acids is 1. The maximum Gasteiger partial charge on any atom is 1.00 e. The maximum atomic E-state index is 14.1. The summed E-state index contributed by atoms with van der Waals surface area (Å²) in [6, 6.07) is 24.3. The zero-order valence-corrected chi connectivity index (χ0v) is 27.7. The van der Waals surface area contributed by atoms with E-state index in [1.165, 1.54) is 12.1 Å². The van der Waals surface area contributed by atoms with E-state index in [1.54, 1.807) is 12.1 Å². The molecule has 1 heterocycles. The summed E-state index contributed by atoms with van der Waals surface area (Å²) < 4.78 is 16.3. The van der Waals surface area contributed by atoms with Crippen LogP contribution in [0.2, 0.25) is 0 Å². The fourth-order valence-corrected chi connectivity index (χ4v) is 5.75. The summed E-state index contributed by atoms with van der Waals surface area (Å²) in [5, 5.41) is 44.9. The van der Waals surface area contributed by atoms with Crippen molar-refractivity contribution in [3.8, 4) is 22.3 Å². The summed E-state index contributed by atoms with van der Waals surface area (Å²) in [7, 11) is 0. The van der Waals surface area contributed by atoms with E-state index in [4.69, 9.17) is 0 Å². The molecular formula is C35H40FN2NaO5. The Bertz CT molecular complexity index is 1490. The van der Waals surface area contributed by atoms with Gasteiger partial charge in [0.2, 0.25) is 0 Å². The molecular weight excluding hydrogens is 570 g/mol. The van der Waals surface area contributed by atoms with Crippen LogP contribution >= 0.6 is 0 Å². The molecule has 3 aromatic carbocycles. The van der Waals surface area contributed by atoms with E-state index in [0.29, 0.717) is 25.9 Å². The zero-order chi connectivity index (χ0) is 30.9. The molecule has 0 aliphatic rings. The van der Waals surface area contributed by atoms with E-state index < -0.39 is 24.6 Å². The van der Waals surface area contributed by atoms with Crippen LogP contribution in [-0.4, -0.2) is 38.1 Å². The second-order valence-electron chi connectivity index (χ2n) is 11.2. The van der Waals surface area contributed by atoms with Crippen molar-refractivity contribution in [2.45, 2.75) is 77.5 Å². The van der Waals surface area contributed by atoms with Gasteiger partial charge >= 0.3 is 29.6 Å². The van der Waals surface area contributed by atoms with Crippen LogP contribution in [-0.2, 0) is 30.9 Å². The van der Waals surface area contributed by atoms with Gasteiger partial charge < -0.3 is 35.1 Å². The Hall–Kier alpha value is -2.82. The van der Waals surface area contributed by atoms with Crippen molar-refractivity contribution < 1.29 is 59.2 Å². The summed E-state index contributed by atoms with van der Waals surface area (Å²) in [6.07, 6.45) is -1.99. The van der Waals surface area contributed by atoms with E-state index >= 15 is 0 Å². The van der Waals surface area contributed by atoms with Gasteiger partial charge in [0.25, 0.3) is 0 Å². The van der Waals surface area contributed by atoms with E-state index in [-0.39, 0.29) is 54.4 Å². The minimum absolute atomic E-state index is 0. The van der Waals surface area contributed by atoms with E-state index in [1.807, 2.05) is 42.5 Å². The van der Waals surface area contributed by atoms with Crippen molar-refractivity contribution in [2.75, 3.05) is 0 Å². The van der Waals surface area contributed by atoms with Crippen molar-refractivity contribution in [3.05, 3.63) is 107 Å². The predicted molar refractivity (Wildman–Crippen MR) is 163 cm³/mol. The molecule has 0 spiro atoms. The molecule has 228 valence electrons. The van der Waals surface area contributed by atoms with E-state index in [0.717, 1.165) is 44.8 Å². The Morgan fingerprint density at radius 2 is 1.50 bits per heavy atom. The average Bonchev–Trinajstić information content (AvgIpc) is 3.30. The van der Waals surface area contributed by atoms with Gasteiger partial charge in [-0.2, -0.15) is 0 Å². The van der Waals surface area contributed by atoms with Crippen LogP contribution in [0.25, 0.3) is 22.3 Å². The number of aliphatic hydroxyl groups excluding tert-OH is 3. The van der Waals surface area contributed by atoms with Crippen LogP contribution in [0.3, 0.4) is 0 Å². The first-order valence-electron chi connectivity index (χ1n) is 14.7. The normalized spacial score (nSPS) is 12.6. The molecule has 44 heavy (non-hydrogen) atoms. The molecule has 0 unspecified atom stereocenters. The van der Waals surface area contributed by atoms with Crippen molar-refractivity contribution in [1.82, 2.24) is 9.88 Å². The number of aliphatic carboxylic acids is 1. The quantitative estimate of drug-likeness (QED) is 0.152. The molecule has 4 rings (SSSR count). The summed E-state index contributed by atoms with van der Waals surface area (Å²) in [5.41, 5.74) is 7.71. The number of carbonyl (C=O) groups is 1. The molecule has 0 fully saturated rings. The van der Waals surface area contributed by atoms with Gasteiger partial charge in [-0.05, 0) is 67.5 Å². The van der Waals surface area contributed by atoms with Gasteiger partial charge in [-0.25, -0.2) is 4.39 Å². The van der Waals surface area contributed by atoms with Crippen molar-refractivity contribution >= 4 is 5.97 Å². The Balaban J connectivity index is 0.00000529. The van der Waals surface area contributed by atoms with Gasteiger partial charge in [-0.1, -0.05) is 66.7 Å². The molecule has 0 saturated heterocycles. The number of nitrogens with zero attached hydrogens (tertiary/aromatic N) is 1. The molecule has 0 saturated carbocycles. The van der Waals surface area contributed by atoms with Gasteiger partial charge in [0.15, 0.2) is 0 Å². The van der Waals surface area contributed by atoms with Gasteiger partial charge in [-0.15, -0.1) is 0 Å². The Labute approximate surface area is 280 Å².